The van der Waals surface area contributed by atoms with Gasteiger partial charge in [0, 0.05) is 32.7 Å². The van der Waals surface area contributed by atoms with Gasteiger partial charge in [-0.25, -0.2) is 17.5 Å². The molecule has 0 bridgehead atoms. The van der Waals surface area contributed by atoms with Crippen LogP contribution in [0.4, 0.5) is 0 Å². The number of ether oxygens (including phenoxy) is 1. The second kappa shape index (κ2) is 9.67. The molecule has 2 rings (SSSR count). The maximum atomic E-state index is 12.9. The minimum Gasteiger partial charge on any atom is -0.444 e. The van der Waals surface area contributed by atoms with Gasteiger partial charge in [-0.1, -0.05) is 30.3 Å². The zero-order valence-electron chi connectivity index (χ0n) is 17.0. The van der Waals surface area contributed by atoms with Gasteiger partial charge in [-0.05, 0) is 38.1 Å². The summed E-state index contributed by atoms with van der Waals surface area (Å²) in [7, 11) is -0.734. The van der Waals surface area contributed by atoms with E-state index in [2.05, 4.69) is 0 Å². The van der Waals surface area contributed by atoms with Crippen LogP contribution < -0.4 is 0 Å². The molecule has 7 nitrogen and oxygen atoms in total. The van der Waals surface area contributed by atoms with E-state index in [4.69, 9.17) is 4.74 Å². The van der Waals surface area contributed by atoms with E-state index in [9.17, 15) is 18.0 Å². The summed E-state index contributed by atoms with van der Waals surface area (Å²) in [5.41, 5.74) is 0.737. The van der Waals surface area contributed by atoms with Crippen molar-refractivity contribution in [2.24, 2.45) is 0 Å². The van der Waals surface area contributed by atoms with Crippen LogP contribution in [0.25, 0.3) is 0 Å². The smallest absolute Gasteiger partial charge is 0.339 e. The summed E-state index contributed by atoms with van der Waals surface area (Å²) < 4.78 is 31.0. The van der Waals surface area contributed by atoms with Crippen LogP contribution in [0.3, 0.4) is 0 Å². The molecule has 0 aromatic heterocycles. The molecule has 0 heterocycles. The second-order valence-corrected chi connectivity index (χ2v) is 8.67. The molecule has 0 spiro atoms. The molecule has 8 heteroatoms. The molecule has 29 heavy (non-hydrogen) atoms. The fourth-order valence-corrected chi connectivity index (χ4v) is 3.64. The first-order valence-electron chi connectivity index (χ1n) is 9.29. The molecule has 0 saturated heterocycles. The highest BCUT2D eigenvalue weighted by Crippen LogP contribution is 2.23. The third kappa shape index (κ3) is 5.21. The molecule has 1 atom stereocenters. The van der Waals surface area contributed by atoms with E-state index in [1.54, 1.807) is 29.2 Å². The van der Waals surface area contributed by atoms with E-state index < -0.39 is 22.1 Å². The predicted molar refractivity (Wildman–Crippen MR) is 110 cm³/mol. The van der Waals surface area contributed by atoms with Gasteiger partial charge in [-0.3, -0.25) is 4.79 Å². The summed E-state index contributed by atoms with van der Waals surface area (Å²) in [6.45, 7) is 4.70. The number of nitrogens with zero attached hydrogens (tertiary/aromatic N) is 2. The Morgan fingerprint density at radius 2 is 1.48 bits per heavy atom. The molecule has 0 aliphatic rings. The molecule has 0 unspecified atom stereocenters. The molecule has 2 aromatic carbocycles. The van der Waals surface area contributed by atoms with Crippen LogP contribution in [0, 0.1) is 0 Å². The molecule has 0 aliphatic carbocycles. The van der Waals surface area contributed by atoms with E-state index in [0.29, 0.717) is 18.7 Å². The number of benzene rings is 2. The normalized spacial score (nSPS) is 12.4. The highest BCUT2D eigenvalue weighted by atomic mass is 32.2. The highest BCUT2D eigenvalue weighted by Gasteiger charge is 2.29. The molecule has 156 valence electrons. The zero-order valence-corrected chi connectivity index (χ0v) is 17.8. The Balaban J connectivity index is 2.29. The summed E-state index contributed by atoms with van der Waals surface area (Å²) in [6.07, 6.45) is -1.08. The molecule has 0 fully saturated rings. The number of likely N-dealkylation sites (N-methyl/N-ethyl adjacent to an activating group) is 1. The molecular formula is C21H26N2O5S. The van der Waals surface area contributed by atoms with E-state index >= 15 is 0 Å². The van der Waals surface area contributed by atoms with Gasteiger partial charge < -0.3 is 9.64 Å². The van der Waals surface area contributed by atoms with Crippen molar-refractivity contribution in [1.82, 2.24) is 9.21 Å². The van der Waals surface area contributed by atoms with Crippen LogP contribution in [0.15, 0.2) is 59.5 Å². The van der Waals surface area contributed by atoms with Crippen molar-refractivity contribution in [2.75, 3.05) is 27.2 Å². The van der Waals surface area contributed by atoms with E-state index in [0.717, 1.165) is 4.31 Å². The van der Waals surface area contributed by atoms with Crippen molar-refractivity contribution in [3.8, 4) is 0 Å². The summed E-state index contributed by atoms with van der Waals surface area (Å²) in [5.74, 6) is -1.01. The molecule has 1 amide bonds. The maximum Gasteiger partial charge on any atom is 0.339 e. The van der Waals surface area contributed by atoms with Gasteiger partial charge in [0.25, 0.3) is 5.91 Å². The SMILES string of the molecule is CCN(CC)C(=O)[C@H](OC(=O)c1ccc(S(=O)(=O)N(C)C)cc1)c1ccccc1. The number of carbonyl (C=O) groups excluding carboxylic acids is 2. The van der Waals surface area contributed by atoms with E-state index in [1.807, 2.05) is 19.9 Å². The van der Waals surface area contributed by atoms with Crippen molar-refractivity contribution < 1.29 is 22.7 Å². The molecule has 2 aromatic rings. The third-order valence-electron chi connectivity index (χ3n) is 4.50. The molecule has 0 N–H and O–H groups in total. The van der Waals surface area contributed by atoms with Crippen LogP contribution in [-0.4, -0.2) is 56.7 Å². The second-order valence-electron chi connectivity index (χ2n) is 6.52. The minimum atomic E-state index is -3.60. The van der Waals surface area contributed by atoms with Crippen LogP contribution >= 0.6 is 0 Å². The number of hydrogen-bond acceptors (Lipinski definition) is 5. The van der Waals surface area contributed by atoms with Crippen LogP contribution in [-0.2, 0) is 19.6 Å². The summed E-state index contributed by atoms with van der Waals surface area (Å²) >= 11 is 0. The first kappa shape index (κ1) is 22.6. The lowest BCUT2D eigenvalue weighted by molar-refractivity contribution is -0.140. The molecular weight excluding hydrogens is 392 g/mol. The number of hydrogen-bond donors (Lipinski definition) is 0. The van der Waals surface area contributed by atoms with Gasteiger partial charge in [-0.15, -0.1) is 0 Å². The van der Waals surface area contributed by atoms with Crippen molar-refractivity contribution in [1.29, 1.82) is 0 Å². The Kier molecular flexibility index (Phi) is 7.53. The summed E-state index contributed by atoms with van der Waals surface area (Å²) in [5, 5.41) is 0. The van der Waals surface area contributed by atoms with Gasteiger partial charge >= 0.3 is 5.97 Å². The van der Waals surface area contributed by atoms with Crippen molar-refractivity contribution in [3.63, 3.8) is 0 Å². The molecule has 0 aliphatic heterocycles. The van der Waals surface area contributed by atoms with Crippen molar-refractivity contribution in [2.45, 2.75) is 24.8 Å². The fraction of sp³-hybridized carbons (Fsp3) is 0.333. The fourth-order valence-electron chi connectivity index (χ4n) is 2.74. The first-order valence-corrected chi connectivity index (χ1v) is 10.7. The minimum absolute atomic E-state index is 0.0675. The van der Waals surface area contributed by atoms with Gasteiger partial charge in [0.15, 0.2) is 0 Å². The Morgan fingerprint density at radius 1 is 0.931 bits per heavy atom. The average Bonchev–Trinajstić information content (AvgIpc) is 2.73. The van der Waals surface area contributed by atoms with Crippen molar-refractivity contribution >= 4 is 21.9 Å². The molecule has 0 radical (unpaired) electrons. The lowest BCUT2D eigenvalue weighted by Crippen LogP contribution is -2.36. The largest absolute Gasteiger partial charge is 0.444 e. The molecule has 0 saturated carbocycles. The maximum absolute atomic E-state index is 12.9. The standard InChI is InChI=1S/C21H26N2O5S/c1-5-23(6-2)20(24)19(16-10-8-7-9-11-16)28-21(25)17-12-14-18(15-13-17)29(26,27)22(3)4/h7-15,19H,5-6H2,1-4H3/t19-/m1/s1. The Morgan fingerprint density at radius 3 is 1.97 bits per heavy atom. The number of esters is 1. The Hall–Kier alpha value is -2.71. The predicted octanol–water partition coefficient (Wildman–Crippen LogP) is 2.70. The van der Waals surface area contributed by atoms with E-state index in [-0.39, 0.29) is 16.4 Å². The van der Waals surface area contributed by atoms with Crippen LogP contribution in [0.2, 0.25) is 0 Å². The number of carbonyl (C=O) groups is 2. The van der Waals surface area contributed by atoms with Crippen LogP contribution in [0.5, 0.6) is 0 Å². The Bertz CT molecular complexity index is 937. The quantitative estimate of drug-likeness (QED) is 0.616. The third-order valence-corrected chi connectivity index (χ3v) is 6.32. The highest BCUT2D eigenvalue weighted by molar-refractivity contribution is 7.89. The topological polar surface area (TPSA) is 84.0 Å². The zero-order chi connectivity index (χ0) is 21.6. The van der Waals surface area contributed by atoms with Gasteiger partial charge in [-0.2, -0.15) is 0 Å². The lowest BCUT2D eigenvalue weighted by atomic mass is 10.1. The number of sulfonamides is 1. The van der Waals surface area contributed by atoms with Crippen molar-refractivity contribution in [3.05, 3.63) is 65.7 Å². The number of rotatable bonds is 8. The first-order chi connectivity index (χ1) is 13.7. The summed E-state index contributed by atoms with van der Waals surface area (Å²) in [6, 6.07) is 14.3. The van der Waals surface area contributed by atoms with Gasteiger partial charge in [0.2, 0.25) is 16.1 Å². The average molecular weight is 419 g/mol. The van der Waals surface area contributed by atoms with E-state index in [1.165, 1.54) is 38.4 Å². The van der Waals surface area contributed by atoms with Gasteiger partial charge in [0.05, 0.1) is 10.5 Å². The monoisotopic (exact) mass is 418 g/mol. The van der Waals surface area contributed by atoms with Crippen LogP contribution in [0.1, 0.15) is 35.9 Å². The lowest BCUT2D eigenvalue weighted by Gasteiger charge is -2.25. The van der Waals surface area contributed by atoms with Gasteiger partial charge in [0.1, 0.15) is 0 Å². The number of amides is 1. The summed E-state index contributed by atoms with van der Waals surface area (Å²) in [4.78, 5) is 27.2. The Labute approximate surface area is 171 Å².